The monoisotopic (exact) mass is 290 g/mol. The number of nitrogens with zero attached hydrogens (tertiary/aromatic N) is 2. The normalized spacial score (nSPS) is 12.3. The smallest absolute Gasteiger partial charge is 0.327 e. The Morgan fingerprint density at radius 2 is 2.05 bits per heavy atom. The Balaban J connectivity index is 2.51. The lowest BCUT2D eigenvalue weighted by Crippen LogP contribution is -2.05. The van der Waals surface area contributed by atoms with Crippen LogP contribution in [0, 0.1) is 0 Å². The zero-order valence-electron chi connectivity index (χ0n) is 10.5. The van der Waals surface area contributed by atoms with Crippen LogP contribution in [0.1, 0.15) is 31.2 Å². The standard InChI is InChI=1S/C13H14ClF3N2/c1-2-3-6-19-11-5-4-9(13(15,16)17)7-10(11)18-12(19)8-14/h4-5,7H,2-3,6,8H2,1H3. The molecular formula is C13H14ClF3N2. The van der Waals surface area contributed by atoms with Gasteiger partial charge in [0.05, 0.1) is 22.5 Å². The molecule has 2 aromatic rings. The van der Waals surface area contributed by atoms with E-state index in [1.807, 2.05) is 4.57 Å². The summed E-state index contributed by atoms with van der Waals surface area (Å²) in [5.41, 5.74) is 0.375. The van der Waals surface area contributed by atoms with Gasteiger partial charge in [-0.3, -0.25) is 0 Å². The summed E-state index contributed by atoms with van der Waals surface area (Å²) in [6.07, 6.45) is -2.40. The van der Waals surface area contributed by atoms with Crippen LogP contribution in [0.15, 0.2) is 18.2 Å². The van der Waals surface area contributed by atoms with E-state index >= 15 is 0 Å². The fraction of sp³-hybridized carbons (Fsp3) is 0.462. The number of imidazole rings is 1. The summed E-state index contributed by atoms with van der Waals surface area (Å²) in [5, 5.41) is 0. The lowest BCUT2D eigenvalue weighted by atomic mass is 10.2. The maximum absolute atomic E-state index is 12.6. The summed E-state index contributed by atoms with van der Waals surface area (Å²) >= 11 is 5.81. The summed E-state index contributed by atoms with van der Waals surface area (Å²) < 4.78 is 39.8. The van der Waals surface area contributed by atoms with Crippen molar-refractivity contribution in [1.29, 1.82) is 0 Å². The van der Waals surface area contributed by atoms with Crippen LogP contribution in [0.25, 0.3) is 11.0 Å². The Morgan fingerprint density at radius 3 is 2.63 bits per heavy atom. The van der Waals surface area contributed by atoms with Crippen molar-refractivity contribution in [3.05, 3.63) is 29.6 Å². The second-order valence-electron chi connectivity index (χ2n) is 4.37. The van der Waals surface area contributed by atoms with Crippen molar-refractivity contribution in [2.75, 3.05) is 0 Å². The molecule has 0 unspecified atom stereocenters. The number of halogens is 4. The van der Waals surface area contributed by atoms with Crippen molar-refractivity contribution in [3.63, 3.8) is 0 Å². The Hall–Kier alpha value is -1.23. The van der Waals surface area contributed by atoms with Crippen LogP contribution in [0.2, 0.25) is 0 Å². The molecule has 6 heteroatoms. The fourth-order valence-electron chi connectivity index (χ4n) is 2.02. The highest BCUT2D eigenvalue weighted by Crippen LogP contribution is 2.31. The molecule has 1 aromatic heterocycles. The van der Waals surface area contributed by atoms with Gasteiger partial charge in [0.1, 0.15) is 5.82 Å². The number of alkyl halides is 4. The van der Waals surface area contributed by atoms with Crippen molar-refractivity contribution in [1.82, 2.24) is 9.55 Å². The van der Waals surface area contributed by atoms with Gasteiger partial charge >= 0.3 is 6.18 Å². The van der Waals surface area contributed by atoms with E-state index in [2.05, 4.69) is 11.9 Å². The average Bonchev–Trinajstić information content (AvgIpc) is 2.72. The SMILES string of the molecule is CCCCn1c(CCl)nc2cc(C(F)(F)F)ccc21. The number of benzene rings is 1. The molecule has 0 atom stereocenters. The molecule has 0 aliphatic rings. The molecule has 0 spiro atoms. The molecule has 0 amide bonds. The predicted molar refractivity (Wildman–Crippen MR) is 69.2 cm³/mol. The molecule has 2 rings (SSSR count). The second kappa shape index (κ2) is 5.41. The molecule has 0 bridgehead atoms. The molecule has 1 aromatic carbocycles. The van der Waals surface area contributed by atoms with Crippen LogP contribution >= 0.6 is 11.6 Å². The zero-order valence-corrected chi connectivity index (χ0v) is 11.2. The third kappa shape index (κ3) is 2.86. The maximum Gasteiger partial charge on any atom is 0.416 e. The predicted octanol–water partition coefficient (Wildman–Crippen LogP) is 4.59. The van der Waals surface area contributed by atoms with Crippen LogP contribution in [-0.4, -0.2) is 9.55 Å². The average molecular weight is 291 g/mol. The lowest BCUT2D eigenvalue weighted by Gasteiger charge is -2.08. The van der Waals surface area contributed by atoms with Crippen LogP contribution in [0.3, 0.4) is 0 Å². The van der Waals surface area contributed by atoms with Gasteiger partial charge in [-0.15, -0.1) is 11.6 Å². The minimum atomic E-state index is -4.34. The van der Waals surface area contributed by atoms with Crippen LogP contribution in [0.5, 0.6) is 0 Å². The van der Waals surface area contributed by atoms with E-state index in [0.29, 0.717) is 16.9 Å². The molecule has 0 aliphatic carbocycles. The summed E-state index contributed by atoms with van der Waals surface area (Å²) in [6.45, 7) is 2.78. The number of hydrogen-bond donors (Lipinski definition) is 0. The van der Waals surface area contributed by atoms with Crippen molar-refractivity contribution < 1.29 is 13.2 Å². The van der Waals surface area contributed by atoms with Gasteiger partial charge in [0.25, 0.3) is 0 Å². The lowest BCUT2D eigenvalue weighted by molar-refractivity contribution is -0.137. The van der Waals surface area contributed by atoms with E-state index in [1.165, 1.54) is 6.07 Å². The van der Waals surface area contributed by atoms with E-state index in [1.54, 1.807) is 0 Å². The van der Waals surface area contributed by atoms with Crippen LogP contribution in [0.4, 0.5) is 13.2 Å². The quantitative estimate of drug-likeness (QED) is 0.753. The van der Waals surface area contributed by atoms with Gasteiger partial charge in [0.2, 0.25) is 0 Å². The number of unbranched alkanes of at least 4 members (excludes halogenated alkanes) is 1. The first-order valence-electron chi connectivity index (χ1n) is 6.09. The van der Waals surface area contributed by atoms with Crippen LogP contribution in [-0.2, 0) is 18.6 Å². The number of aryl methyl sites for hydroxylation is 1. The number of fused-ring (bicyclic) bond motifs is 1. The molecule has 0 aliphatic heterocycles. The van der Waals surface area contributed by atoms with Crippen molar-refractivity contribution in [3.8, 4) is 0 Å². The first-order chi connectivity index (χ1) is 8.97. The van der Waals surface area contributed by atoms with E-state index in [-0.39, 0.29) is 5.88 Å². The van der Waals surface area contributed by atoms with E-state index < -0.39 is 11.7 Å². The molecule has 19 heavy (non-hydrogen) atoms. The number of aromatic nitrogens is 2. The molecule has 0 fully saturated rings. The highest BCUT2D eigenvalue weighted by atomic mass is 35.5. The summed E-state index contributed by atoms with van der Waals surface area (Å²) in [7, 11) is 0. The van der Waals surface area contributed by atoms with Crippen molar-refractivity contribution >= 4 is 22.6 Å². The third-order valence-corrected chi connectivity index (χ3v) is 3.25. The molecule has 0 saturated carbocycles. The van der Waals surface area contributed by atoms with Gasteiger partial charge in [0, 0.05) is 6.54 Å². The third-order valence-electron chi connectivity index (χ3n) is 3.01. The van der Waals surface area contributed by atoms with E-state index in [9.17, 15) is 13.2 Å². The van der Waals surface area contributed by atoms with Gasteiger partial charge in [-0.05, 0) is 24.6 Å². The molecular weight excluding hydrogens is 277 g/mol. The van der Waals surface area contributed by atoms with Gasteiger partial charge in [0.15, 0.2) is 0 Å². The molecule has 1 heterocycles. The van der Waals surface area contributed by atoms with Crippen LogP contribution < -0.4 is 0 Å². The highest BCUT2D eigenvalue weighted by molar-refractivity contribution is 6.16. The molecule has 104 valence electrons. The van der Waals surface area contributed by atoms with E-state index in [0.717, 1.165) is 31.5 Å². The fourth-order valence-corrected chi connectivity index (χ4v) is 2.23. The summed E-state index contributed by atoms with van der Waals surface area (Å²) in [4.78, 5) is 4.19. The second-order valence-corrected chi connectivity index (χ2v) is 4.64. The Labute approximate surface area is 114 Å². The molecule has 0 saturated heterocycles. The van der Waals surface area contributed by atoms with Gasteiger partial charge in [-0.2, -0.15) is 13.2 Å². The Kier molecular flexibility index (Phi) is 4.04. The van der Waals surface area contributed by atoms with Crippen molar-refractivity contribution in [2.45, 2.75) is 38.4 Å². The zero-order chi connectivity index (χ0) is 14.0. The van der Waals surface area contributed by atoms with Gasteiger partial charge in [-0.1, -0.05) is 13.3 Å². The Bertz CT molecular complexity index is 575. The summed E-state index contributed by atoms with van der Waals surface area (Å²) in [5.74, 6) is 0.809. The first-order valence-corrected chi connectivity index (χ1v) is 6.63. The summed E-state index contributed by atoms with van der Waals surface area (Å²) in [6, 6.07) is 3.63. The largest absolute Gasteiger partial charge is 0.416 e. The van der Waals surface area contributed by atoms with Gasteiger partial charge < -0.3 is 4.57 Å². The molecule has 0 radical (unpaired) electrons. The Morgan fingerprint density at radius 1 is 1.32 bits per heavy atom. The first kappa shape index (κ1) is 14.2. The number of hydrogen-bond acceptors (Lipinski definition) is 1. The molecule has 0 N–H and O–H groups in total. The minimum absolute atomic E-state index is 0.194. The molecule has 2 nitrogen and oxygen atoms in total. The number of rotatable bonds is 4. The highest BCUT2D eigenvalue weighted by Gasteiger charge is 2.31. The van der Waals surface area contributed by atoms with E-state index in [4.69, 9.17) is 11.6 Å². The minimum Gasteiger partial charge on any atom is -0.327 e. The maximum atomic E-state index is 12.6. The topological polar surface area (TPSA) is 17.8 Å². The van der Waals surface area contributed by atoms with Gasteiger partial charge in [-0.25, -0.2) is 4.98 Å². The van der Waals surface area contributed by atoms with Crippen molar-refractivity contribution in [2.24, 2.45) is 0 Å².